The highest BCUT2D eigenvalue weighted by atomic mass is 32.3. The first-order valence-electron chi connectivity index (χ1n) is 4.86. The van der Waals surface area contributed by atoms with E-state index in [1.54, 1.807) is 30.3 Å². The van der Waals surface area contributed by atoms with Crippen molar-refractivity contribution in [2.24, 2.45) is 0 Å². The molecule has 0 aliphatic heterocycles. The van der Waals surface area contributed by atoms with Crippen molar-refractivity contribution in [3.8, 4) is 0 Å². The van der Waals surface area contributed by atoms with Gasteiger partial charge in [0.15, 0.2) is 0 Å². The van der Waals surface area contributed by atoms with Gasteiger partial charge in [-0.1, -0.05) is 18.2 Å². The summed E-state index contributed by atoms with van der Waals surface area (Å²) in [5.41, 5.74) is 0.448. The molecule has 1 rings (SSSR count). The van der Waals surface area contributed by atoms with Crippen LogP contribution < -0.4 is 4.31 Å². The molecule has 0 saturated heterocycles. The SMILES string of the molecule is CN(c1ccccc1)S(=O)(=O)CCOS(=O)(=O)O. The molecule has 0 bridgehead atoms. The van der Waals surface area contributed by atoms with Crippen molar-refractivity contribution in [1.29, 1.82) is 0 Å². The molecule has 0 fully saturated rings. The highest BCUT2D eigenvalue weighted by Crippen LogP contribution is 2.15. The summed E-state index contributed by atoms with van der Waals surface area (Å²) in [6.45, 7) is -0.641. The van der Waals surface area contributed by atoms with E-state index in [0.29, 0.717) is 5.69 Å². The highest BCUT2D eigenvalue weighted by molar-refractivity contribution is 7.92. The zero-order chi connectivity index (χ0) is 13.8. The van der Waals surface area contributed by atoms with E-state index in [4.69, 9.17) is 4.55 Å². The molecule has 7 nitrogen and oxygen atoms in total. The molecule has 1 N–H and O–H groups in total. The number of hydrogen-bond donors (Lipinski definition) is 1. The first-order chi connectivity index (χ1) is 8.22. The van der Waals surface area contributed by atoms with Gasteiger partial charge in [-0.05, 0) is 12.1 Å². The van der Waals surface area contributed by atoms with Gasteiger partial charge in [0.25, 0.3) is 0 Å². The van der Waals surface area contributed by atoms with E-state index in [1.807, 2.05) is 0 Å². The zero-order valence-electron chi connectivity index (χ0n) is 9.55. The van der Waals surface area contributed by atoms with Gasteiger partial charge >= 0.3 is 10.4 Å². The van der Waals surface area contributed by atoms with Gasteiger partial charge in [0.2, 0.25) is 10.0 Å². The van der Waals surface area contributed by atoms with Gasteiger partial charge in [-0.25, -0.2) is 12.6 Å². The first kappa shape index (κ1) is 14.9. The summed E-state index contributed by atoms with van der Waals surface area (Å²) in [7, 11) is -6.98. The molecular formula is C9H13NO6S2. The third kappa shape index (κ3) is 4.61. The van der Waals surface area contributed by atoms with Crippen LogP contribution in [0.1, 0.15) is 0 Å². The van der Waals surface area contributed by atoms with Crippen molar-refractivity contribution in [1.82, 2.24) is 0 Å². The fraction of sp³-hybridized carbons (Fsp3) is 0.333. The van der Waals surface area contributed by atoms with Crippen LogP contribution in [0.25, 0.3) is 0 Å². The average Bonchev–Trinajstić information content (AvgIpc) is 2.27. The number of para-hydroxylation sites is 1. The molecule has 0 radical (unpaired) electrons. The number of nitrogens with zero attached hydrogens (tertiary/aromatic N) is 1. The maximum absolute atomic E-state index is 11.8. The van der Waals surface area contributed by atoms with E-state index in [9.17, 15) is 16.8 Å². The number of anilines is 1. The van der Waals surface area contributed by atoms with Gasteiger partial charge in [0.1, 0.15) is 0 Å². The van der Waals surface area contributed by atoms with Crippen molar-refractivity contribution < 1.29 is 25.6 Å². The summed E-state index contributed by atoms with van der Waals surface area (Å²) in [4.78, 5) is 0. The minimum Gasteiger partial charge on any atom is -0.273 e. The van der Waals surface area contributed by atoms with E-state index < -0.39 is 32.8 Å². The van der Waals surface area contributed by atoms with Gasteiger partial charge in [0.05, 0.1) is 18.0 Å². The highest BCUT2D eigenvalue weighted by Gasteiger charge is 2.19. The Kier molecular flexibility index (Phi) is 4.68. The van der Waals surface area contributed by atoms with Crippen molar-refractivity contribution in [3.63, 3.8) is 0 Å². The molecule has 0 atom stereocenters. The van der Waals surface area contributed by atoms with Crippen LogP contribution in [0.5, 0.6) is 0 Å². The fourth-order valence-electron chi connectivity index (χ4n) is 1.18. The topological polar surface area (TPSA) is 101 Å². The van der Waals surface area contributed by atoms with Gasteiger partial charge in [0, 0.05) is 7.05 Å². The smallest absolute Gasteiger partial charge is 0.273 e. The molecule has 0 aliphatic carbocycles. The monoisotopic (exact) mass is 295 g/mol. The Bertz CT molecular complexity index is 581. The average molecular weight is 295 g/mol. The molecule has 102 valence electrons. The van der Waals surface area contributed by atoms with E-state index in [0.717, 1.165) is 4.31 Å². The Morgan fingerprint density at radius 3 is 2.22 bits per heavy atom. The minimum absolute atomic E-state index is 0.448. The summed E-state index contributed by atoms with van der Waals surface area (Å²) >= 11 is 0. The van der Waals surface area contributed by atoms with Crippen LogP contribution in [-0.4, -0.2) is 40.8 Å². The van der Waals surface area contributed by atoms with Gasteiger partial charge in [-0.3, -0.25) is 8.86 Å². The lowest BCUT2D eigenvalue weighted by molar-refractivity contribution is 0.284. The van der Waals surface area contributed by atoms with Gasteiger partial charge < -0.3 is 0 Å². The lowest BCUT2D eigenvalue weighted by Crippen LogP contribution is -2.31. The second-order valence-electron chi connectivity index (χ2n) is 3.37. The quantitative estimate of drug-likeness (QED) is 0.756. The van der Waals surface area contributed by atoms with Crippen LogP contribution in [0.4, 0.5) is 5.69 Å². The fourth-order valence-corrected chi connectivity index (χ4v) is 2.59. The summed E-state index contributed by atoms with van der Waals surface area (Å²) in [6, 6.07) is 8.29. The molecule has 0 aliphatic rings. The Balaban J connectivity index is 2.70. The minimum atomic E-state index is -4.62. The van der Waals surface area contributed by atoms with Crippen LogP contribution in [0.2, 0.25) is 0 Å². The first-order valence-corrected chi connectivity index (χ1v) is 7.83. The Labute approximate surface area is 106 Å². The molecule has 0 amide bonds. The third-order valence-electron chi connectivity index (χ3n) is 2.11. The number of rotatable bonds is 6. The maximum atomic E-state index is 11.8. The molecule has 18 heavy (non-hydrogen) atoms. The van der Waals surface area contributed by atoms with Gasteiger partial charge in [-0.2, -0.15) is 8.42 Å². The molecule has 0 aromatic heterocycles. The molecule has 9 heteroatoms. The van der Waals surface area contributed by atoms with E-state index in [1.165, 1.54) is 7.05 Å². The van der Waals surface area contributed by atoms with E-state index in [-0.39, 0.29) is 0 Å². The molecule has 1 aromatic carbocycles. The standard InChI is InChI=1S/C9H13NO6S2/c1-10(9-5-3-2-4-6-9)17(11,12)8-7-16-18(13,14)15/h2-6H,7-8H2,1H3,(H,13,14,15). The Morgan fingerprint density at radius 2 is 1.72 bits per heavy atom. The molecule has 1 aromatic rings. The molecule has 0 spiro atoms. The largest absolute Gasteiger partial charge is 0.397 e. The molecule has 0 unspecified atom stereocenters. The molecule has 0 heterocycles. The van der Waals surface area contributed by atoms with Crippen molar-refractivity contribution >= 4 is 26.1 Å². The second kappa shape index (κ2) is 5.65. The van der Waals surface area contributed by atoms with Crippen LogP contribution >= 0.6 is 0 Å². The van der Waals surface area contributed by atoms with Crippen molar-refractivity contribution in [3.05, 3.63) is 30.3 Å². The van der Waals surface area contributed by atoms with Crippen LogP contribution in [0.3, 0.4) is 0 Å². The molecular weight excluding hydrogens is 282 g/mol. The van der Waals surface area contributed by atoms with Gasteiger partial charge in [-0.15, -0.1) is 0 Å². The van der Waals surface area contributed by atoms with E-state index in [2.05, 4.69) is 4.18 Å². The summed E-state index contributed by atoms with van der Waals surface area (Å²) in [6.07, 6.45) is 0. The predicted molar refractivity (Wildman–Crippen MR) is 66.1 cm³/mol. The number of hydrogen-bond acceptors (Lipinski definition) is 5. The Hall–Kier alpha value is -1.16. The molecule has 0 saturated carbocycles. The van der Waals surface area contributed by atoms with Crippen molar-refractivity contribution in [2.45, 2.75) is 0 Å². The lowest BCUT2D eigenvalue weighted by atomic mass is 10.3. The van der Waals surface area contributed by atoms with Crippen LogP contribution in [-0.2, 0) is 24.6 Å². The van der Waals surface area contributed by atoms with E-state index >= 15 is 0 Å². The van der Waals surface area contributed by atoms with Crippen LogP contribution in [0.15, 0.2) is 30.3 Å². The van der Waals surface area contributed by atoms with Crippen molar-refractivity contribution in [2.75, 3.05) is 23.7 Å². The summed E-state index contributed by atoms with van der Waals surface area (Å²) in [5, 5.41) is 0. The third-order valence-corrected chi connectivity index (χ3v) is 4.30. The zero-order valence-corrected chi connectivity index (χ0v) is 11.2. The second-order valence-corrected chi connectivity index (χ2v) is 6.58. The number of sulfonamides is 1. The lowest BCUT2D eigenvalue weighted by Gasteiger charge is -2.18. The summed E-state index contributed by atoms with van der Waals surface area (Å²) in [5.74, 6) is -0.557. The summed E-state index contributed by atoms with van der Waals surface area (Å²) < 4.78 is 57.4. The normalized spacial score (nSPS) is 12.3. The maximum Gasteiger partial charge on any atom is 0.397 e. The Morgan fingerprint density at radius 1 is 1.17 bits per heavy atom. The number of benzene rings is 1. The predicted octanol–water partition coefficient (Wildman–Crippen LogP) is 0.272. The van der Waals surface area contributed by atoms with Crippen LogP contribution in [0, 0.1) is 0 Å².